The maximum atomic E-state index is 13.0. The van der Waals surface area contributed by atoms with Crippen molar-refractivity contribution >= 4 is 23.2 Å². The van der Waals surface area contributed by atoms with E-state index < -0.39 is 0 Å². The Morgan fingerprint density at radius 2 is 1.12 bits per heavy atom. The van der Waals surface area contributed by atoms with Gasteiger partial charge in [-0.25, -0.2) is 0 Å². The van der Waals surface area contributed by atoms with E-state index in [-0.39, 0.29) is 22.6 Å². The maximum absolute atomic E-state index is 13.0. The fourth-order valence-corrected chi connectivity index (χ4v) is 6.23. The SMILES string of the molecule is O=C(Nc1ccccc1NC(=O)C12CCC(CC1)C2)C12CCC(CC1)C2. The number of rotatable bonds is 4. The van der Waals surface area contributed by atoms with Crippen molar-refractivity contribution in [3.63, 3.8) is 0 Å². The van der Waals surface area contributed by atoms with E-state index in [1.165, 1.54) is 25.7 Å². The van der Waals surface area contributed by atoms with Crippen molar-refractivity contribution in [1.82, 2.24) is 0 Å². The van der Waals surface area contributed by atoms with E-state index in [0.717, 1.165) is 61.7 Å². The summed E-state index contributed by atoms with van der Waals surface area (Å²) in [5, 5.41) is 6.31. The van der Waals surface area contributed by atoms with E-state index in [1.54, 1.807) is 0 Å². The number of anilines is 2. The summed E-state index contributed by atoms with van der Waals surface area (Å²) in [5.41, 5.74) is 1.17. The Bertz CT molecular complexity index is 677. The van der Waals surface area contributed by atoms with Gasteiger partial charge in [-0.3, -0.25) is 9.59 Å². The Morgan fingerprint density at radius 3 is 1.42 bits per heavy atom. The zero-order valence-electron chi connectivity index (χ0n) is 15.4. The molecule has 2 amide bonds. The van der Waals surface area contributed by atoms with Crippen molar-refractivity contribution in [1.29, 1.82) is 0 Å². The molecule has 5 rings (SSSR count). The summed E-state index contributed by atoms with van der Waals surface area (Å²) in [6, 6.07) is 7.67. The Kier molecular flexibility index (Phi) is 3.67. The number of fused-ring (bicyclic) bond motifs is 4. The van der Waals surface area contributed by atoms with Gasteiger partial charge >= 0.3 is 0 Å². The Balaban J connectivity index is 1.33. The first-order valence-electron chi connectivity index (χ1n) is 10.3. The zero-order chi connectivity index (χ0) is 17.8. The monoisotopic (exact) mass is 352 g/mol. The third-order valence-electron chi connectivity index (χ3n) is 7.87. The number of hydrogen-bond donors (Lipinski definition) is 2. The van der Waals surface area contributed by atoms with Crippen LogP contribution in [0.15, 0.2) is 24.3 Å². The number of benzene rings is 1. The fraction of sp³-hybridized carbons (Fsp3) is 0.636. The molecule has 4 bridgehead atoms. The van der Waals surface area contributed by atoms with Gasteiger partial charge in [0.15, 0.2) is 0 Å². The maximum Gasteiger partial charge on any atom is 0.230 e. The van der Waals surface area contributed by atoms with Gasteiger partial charge in [-0.2, -0.15) is 0 Å². The van der Waals surface area contributed by atoms with Crippen LogP contribution >= 0.6 is 0 Å². The molecular formula is C22H28N2O2. The highest BCUT2D eigenvalue weighted by atomic mass is 16.2. The number of amides is 2. The van der Waals surface area contributed by atoms with Crippen LogP contribution in [0.3, 0.4) is 0 Å². The van der Waals surface area contributed by atoms with Gasteiger partial charge in [0.1, 0.15) is 0 Å². The quantitative estimate of drug-likeness (QED) is 0.823. The van der Waals surface area contributed by atoms with E-state index in [9.17, 15) is 9.59 Å². The topological polar surface area (TPSA) is 58.2 Å². The summed E-state index contributed by atoms with van der Waals surface area (Å²) >= 11 is 0. The second-order valence-corrected chi connectivity index (χ2v) is 9.31. The second kappa shape index (κ2) is 5.83. The molecule has 0 atom stereocenters. The number of nitrogens with one attached hydrogen (secondary N) is 2. The van der Waals surface area contributed by atoms with E-state index in [2.05, 4.69) is 10.6 Å². The van der Waals surface area contributed by atoms with E-state index >= 15 is 0 Å². The Morgan fingerprint density at radius 1 is 0.731 bits per heavy atom. The standard InChI is InChI=1S/C22H28N2O2/c25-19(21-9-5-15(13-21)6-10-21)23-17-3-1-2-4-18(17)24-20(26)22-11-7-16(14-22)8-12-22/h1-4,15-16H,5-14H2,(H,23,25)(H,24,26). The van der Waals surface area contributed by atoms with Crippen molar-refractivity contribution in [3.8, 4) is 0 Å². The summed E-state index contributed by atoms with van der Waals surface area (Å²) in [5.74, 6) is 1.79. The molecule has 4 saturated carbocycles. The molecule has 0 aliphatic heterocycles. The van der Waals surface area contributed by atoms with Crippen molar-refractivity contribution in [2.75, 3.05) is 10.6 Å². The third-order valence-corrected chi connectivity index (χ3v) is 7.87. The van der Waals surface area contributed by atoms with Crippen LogP contribution in [0.1, 0.15) is 64.2 Å². The number of para-hydroxylation sites is 2. The van der Waals surface area contributed by atoms with Crippen LogP contribution < -0.4 is 10.6 Å². The predicted molar refractivity (Wildman–Crippen MR) is 102 cm³/mol. The lowest BCUT2D eigenvalue weighted by atomic mass is 9.83. The molecular weight excluding hydrogens is 324 g/mol. The molecule has 4 aliphatic carbocycles. The third kappa shape index (κ3) is 2.49. The number of carbonyl (C=O) groups is 2. The van der Waals surface area contributed by atoms with Crippen LogP contribution in [0.4, 0.5) is 11.4 Å². The van der Waals surface area contributed by atoms with Crippen LogP contribution in [0.25, 0.3) is 0 Å². The minimum absolute atomic E-state index is 0.152. The summed E-state index contributed by atoms with van der Waals surface area (Å²) in [7, 11) is 0. The minimum Gasteiger partial charge on any atom is -0.324 e. The first-order valence-corrected chi connectivity index (χ1v) is 10.3. The Labute approximate surface area is 155 Å². The van der Waals surface area contributed by atoms with Gasteiger partial charge in [-0.1, -0.05) is 12.1 Å². The highest BCUT2D eigenvalue weighted by Gasteiger charge is 2.51. The summed E-state index contributed by atoms with van der Waals surface area (Å²) in [4.78, 5) is 26.0. The molecule has 1 aromatic carbocycles. The molecule has 0 unspecified atom stereocenters. The van der Waals surface area contributed by atoms with Gasteiger partial charge in [-0.05, 0) is 88.2 Å². The molecule has 0 aromatic heterocycles. The lowest BCUT2D eigenvalue weighted by Gasteiger charge is -2.27. The van der Waals surface area contributed by atoms with Gasteiger partial charge in [0, 0.05) is 10.8 Å². The highest BCUT2D eigenvalue weighted by molar-refractivity contribution is 6.03. The van der Waals surface area contributed by atoms with Crippen LogP contribution in [0.2, 0.25) is 0 Å². The van der Waals surface area contributed by atoms with Gasteiger partial charge < -0.3 is 10.6 Å². The van der Waals surface area contributed by atoms with E-state index in [1.807, 2.05) is 24.3 Å². The molecule has 0 spiro atoms. The molecule has 4 fully saturated rings. The van der Waals surface area contributed by atoms with Crippen LogP contribution in [-0.2, 0) is 9.59 Å². The molecule has 4 aliphatic rings. The predicted octanol–water partition coefficient (Wildman–Crippen LogP) is 4.72. The molecule has 26 heavy (non-hydrogen) atoms. The summed E-state index contributed by atoms with van der Waals surface area (Å²) in [6.45, 7) is 0. The minimum atomic E-state index is -0.162. The lowest BCUT2D eigenvalue weighted by Crippen LogP contribution is -2.34. The molecule has 4 heteroatoms. The first kappa shape index (κ1) is 16.3. The molecule has 138 valence electrons. The van der Waals surface area contributed by atoms with Gasteiger partial charge in [0.05, 0.1) is 11.4 Å². The number of hydrogen-bond acceptors (Lipinski definition) is 2. The van der Waals surface area contributed by atoms with Crippen LogP contribution in [0, 0.1) is 22.7 Å². The average molecular weight is 352 g/mol. The fourth-order valence-electron chi connectivity index (χ4n) is 6.23. The second-order valence-electron chi connectivity index (χ2n) is 9.31. The summed E-state index contributed by atoms with van der Waals surface area (Å²) in [6.07, 6.45) is 10.9. The zero-order valence-corrected chi connectivity index (χ0v) is 15.4. The smallest absolute Gasteiger partial charge is 0.230 e. The van der Waals surface area contributed by atoms with Gasteiger partial charge in [0.25, 0.3) is 0 Å². The number of carbonyl (C=O) groups excluding carboxylic acids is 2. The van der Waals surface area contributed by atoms with Gasteiger partial charge in [0.2, 0.25) is 11.8 Å². The lowest BCUT2D eigenvalue weighted by molar-refractivity contribution is -0.126. The normalized spacial score (nSPS) is 37.1. The molecule has 0 saturated heterocycles. The van der Waals surface area contributed by atoms with E-state index in [4.69, 9.17) is 0 Å². The van der Waals surface area contributed by atoms with Crippen LogP contribution in [0.5, 0.6) is 0 Å². The highest BCUT2D eigenvalue weighted by Crippen LogP contribution is 2.55. The average Bonchev–Trinajstić information content (AvgIpc) is 3.44. The van der Waals surface area contributed by atoms with Gasteiger partial charge in [-0.15, -0.1) is 0 Å². The van der Waals surface area contributed by atoms with Crippen molar-refractivity contribution in [2.45, 2.75) is 64.2 Å². The molecule has 1 aromatic rings. The Hall–Kier alpha value is -1.84. The molecule has 2 N–H and O–H groups in total. The summed E-state index contributed by atoms with van der Waals surface area (Å²) < 4.78 is 0. The van der Waals surface area contributed by atoms with Crippen LogP contribution in [-0.4, -0.2) is 11.8 Å². The molecule has 0 radical (unpaired) electrons. The first-order chi connectivity index (χ1) is 12.6. The largest absolute Gasteiger partial charge is 0.324 e. The van der Waals surface area contributed by atoms with Crippen molar-refractivity contribution in [2.24, 2.45) is 22.7 Å². The van der Waals surface area contributed by atoms with Crippen molar-refractivity contribution < 1.29 is 9.59 Å². The van der Waals surface area contributed by atoms with Crippen molar-refractivity contribution in [3.05, 3.63) is 24.3 Å². The molecule has 0 heterocycles. The molecule has 4 nitrogen and oxygen atoms in total. The van der Waals surface area contributed by atoms with E-state index in [0.29, 0.717) is 0 Å².